The Bertz CT molecular complexity index is 991. The molecule has 3 heterocycles. The van der Waals surface area contributed by atoms with Crippen molar-refractivity contribution in [2.75, 3.05) is 13.1 Å². The molecule has 7 heteroatoms. The Balaban J connectivity index is 1.40. The number of benzene rings is 1. The summed E-state index contributed by atoms with van der Waals surface area (Å²) in [6.07, 6.45) is 5.41. The average Bonchev–Trinajstić information content (AvgIpc) is 3.30. The highest BCUT2D eigenvalue weighted by Gasteiger charge is 2.28. The maximum atomic E-state index is 12.6. The summed E-state index contributed by atoms with van der Waals surface area (Å²) in [4.78, 5) is 22.4. The molecule has 1 fully saturated rings. The van der Waals surface area contributed by atoms with E-state index in [0.717, 1.165) is 10.9 Å². The van der Waals surface area contributed by atoms with Crippen molar-refractivity contribution in [3.63, 3.8) is 0 Å². The number of ether oxygens (including phenoxy) is 1. The van der Waals surface area contributed by atoms with Crippen LogP contribution in [0.4, 0.5) is 0 Å². The van der Waals surface area contributed by atoms with Crippen LogP contribution in [-0.2, 0) is 11.3 Å². The van der Waals surface area contributed by atoms with Crippen LogP contribution in [-0.4, -0.2) is 44.5 Å². The molecule has 1 aliphatic heterocycles. The van der Waals surface area contributed by atoms with Gasteiger partial charge in [0.2, 0.25) is 11.6 Å². The van der Waals surface area contributed by atoms with Crippen molar-refractivity contribution >= 4 is 16.8 Å². The Labute approximate surface area is 150 Å². The highest BCUT2D eigenvalue weighted by Crippen LogP contribution is 2.20. The summed E-state index contributed by atoms with van der Waals surface area (Å²) < 4.78 is 7.75. The molecule has 130 valence electrons. The first kappa shape index (κ1) is 16.1. The van der Waals surface area contributed by atoms with Gasteiger partial charge in [0.1, 0.15) is 18.7 Å². The second kappa shape index (κ2) is 6.84. The van der Waals surface area contributed by atoms with Crippen LogP contribution >= 0.6 is 0 Å². The minimum Gasteiger partial charge on any atom is -0.470 e. The number of carbonyl (C=O) groups is 1. The highest BCUT2D eigenvalue weighted by atomic mass is 16.5. The van der Waals surface area contributed by atoms with E-state index >= 15 is 0 Å². The first-order valence-corrected chi connectivity index (χ1v) is 8.44. The minimum absolute atomic E-state index is 0.0529. The van der Waals surface area contributed by atoms with Crippen molar-refractivity contribution in [3.8, 4) is 11.9 Å². The molecule has 1 saturated heterocycles. The summed E-state index contributed by atoms with van der Waals surface area (Å²) in [5.74, 6) is 0.280. The third-order valence-electron chi connectivity index (χ3n) is 4.53. The van der Waals surface area contributed by atoms with E-state index in [0.29, 0.717) is 26.1 Å². The van der Waals surface area contributed by atoms with Crippen molar-refractivity contribution in [3.05, 3.63) is 54.6 Å². The molecule has 0 unspecified atom stereocenters. The van der Waals surface area contributed by atoms with Crippen LogP contribution in [0, 0.1) is 11.3 Å². The van der Waals surface area contributed by atoms with E-state index in [1.807, 2.05) is 47.2 Å². The second-order valence-electron chi connectivity index (χ2n) is 6.19. The Morgan fingerprint density at radius 2 is 2.12 bits per heavy atom. The number of rotatable bonds is 4. The predicted molar refractivity (Wildman–Crippen MR) is 94.3 cm³/mol. The lowest BCUT2D eigenvalue weighted by atomic mass is 10.2. The topological polar surface area (TPSA) is 84.0 Å². The van der Waals surface area contributed by atoms with Gasteiger partial charge in [-0.25, -0.2) is 9.97 Å². The summed E-state index contributed by atoms with van der Waals surface area (Å²) >= 11 is 0. The molecule has 0 aliphatic carbocycles. The molecule has 0 saturated carbocycles. The van der Waals surface area contributed by atoms with Gasteiger partial charge in [0.25, 0.3) is 5.88 Å². The molecule has 1 atom stereocenters. The molecular formula is C19H17N5O2. The number of nitriles is 1. The van der Waals surface area contributed by atoms with Gasteiger partial charge < -0.3 is 14.2 Å². The largest absolute Gasteiger partial charge is 0.470 e. The van der Waals surface area contributed by atoms with E-state index in [1.165, 1.54) is 12.4 Å². The fraction of sp³-hybridized carbons (Fsp3) is 0.263. The molecule has 0 spiro atoms. The lowest BCUT2D eigenvalue weighted by molar-refractivity contribution is -0.131. The minimum atomic E-state index is -0.177. The van der Waals surface area contributed by atoms with Gasteiger partial charge >= 0.3 is 0 Å². The SMILES string of the molecule is N#Cc1nccnc1O[C@@H]1CCN(C(=O)Cn2ccc3ccccc32)C1. The second-order valence-corrected chi connectivity index (χ2v) is 6.19. The number of para-hydroxylation sites is 1. The molecule has 7 nitrogen and oxygen atoms in total. The predicted octanol–water partition coefficient (Wildman–Crippen LogP) is 1.98. The molecule has 0 bridgehead atoms. The molecule has 0 radical (unpaired) electrons. The van der Waals surface area contributed by atoms with Crippen molar-refractivity contribution in [1.82, 2.24) is 19.4 Å². The van der Waals surface area contributed by atoms with Crippen molar-refractivity contribution in [2.45, 2.75) is 19.1 Å². The van der Waals surface area contributed by atoms with E-state index in [1.54, 1.807) is 4.90 Å². The van der Waals surface area contributed by atoms with Crippen molar-refractivity contribution in [1.29, 1.82) is 5.26 Å². The van der Waals surface area contributed by atoms with Crippen LogP contribution in [0.15, 0.2) is 48.9 Å². The first-order valence-electron chi connectivity index (χ1n) is 8.44. The smallest absolute Gasteiger partial charge is 0.251 e. The summed E-state index contributed by atoms with van der Waals surface area (Å²) in [5.41, 5.74) is 1.21. The van der Waals surface area contributed by atoms with Gasteiger partial charge in [0.15, 0.2) is 0 Å². The Kier molecular flexibility index (Phi) is 4.23. The number of amides is 1. The van der Waals surface area contributed by atoms with E-state index in [2.05, 4.69) is 9.97 Å². The Hall–Kier alpha value is -3.40. The average molecular weight is 347 g/mol. The van der Waals surface area contributed by atoms with Gasteiger partial charge in [-0.05, 0) is 17.5 Å². The standard InChI is InChI=1S/C19H17N5O2/c20-11-16-19(22-8-7-21-16)26-15-6-10-24(12-15)18(25)13-23-9-5-14-3-1-2-4-17(14)23/h1-5,7-9,15H,6,10,12-13H2/t15-/m1/s1. The lowest BCUT2D eigenvalue weighted by Gasteiger charge is -2.17. The Morgan fingerprint density at radius 1 is 1.27 bits per heavy atom. The van der Waals surface area contributed by atoms with Crippen molar-refractivity contribution in [2.24, 2.45) is 0 Å². The monoisotopic (exact) mass is 347 g/mol. The van der Waals surface area contributed by atoms with Crippen LogP contribution < -0.4 is 4.74 Å². The quantitative estimate of drug-likeness (QED) is 0.720. The fourth-order valence-electron chi connectivity index (χ4n) is 3.22. The van der Waals surface area contributed by atoms with Crippen LogP contribution in [0.3, 0.4) is 0 Å². The zero-order valence-electron chi connectivity index (χ0n) is 14.1. The molecular weight excluding hydrogens is 330 g/mol. The van der Waals surface area contributed by atoms with Gasteiger partial charge in [0, 0.05) is 37.1 Å². The van der Waals surface area contributed by atoms with Gasteiger partial charge in [-0.15, -0.1) is 0 Å². The van der Waals surface area contributed by atoms with Crippen LogP contribution in [0.5, 0.6) is 5.88 Å². The number of nitrogens with zero attached hydrogens (tertiary/aromatic N) is 5. The molecule has 1 aromatic carbocycles. The maximum absolute atomic E-state index is 12.6. The van der Waals surface area contributed by atoms with E-state index < -0.39 is 0 Å². The van der Waals surface area contributed by atoms with Gasteiger partial charge in [-0.1, -0.05) is 18.2 Å². The maximum Gasteiger partial charge on any atom is 0.251 e. The molecule has 0 N–H and O–H groups in total. The number of hydrogen-bond acceptors (Lipinski definition) is 5. The Morgan fingerprint density at radius 3 is 3.00 bits per heavy atom. The van der Waals surface area contributed by atoms with E-state index in [9.17, 15) is 4.79 Å². The number of likely N-dealkylation sites (tertiary alicyclic amines) is 1. The number of fused-ring (bicyclic) bond motifs is 1. The third-order valence-corrected chi connectivity index (χ3v) is 4.53. The van der Waals surface area contributed by atoms with Gasteiger partial charge in [-0.2, -0.15) is 5.26 Å². The molecule has 4 rings (SSSR count). The molecule has 1 aliphatic rings. The van der Waals surface area contributed by atoms with E-state index in [4.69, 9.17) is 10.00 Å². The lowest BCUT2D eigenvalue weighted by Crippen LogP contribution is -2.33. The summed E-state index contributed by atoms with van der Waals surface area (Å²) in [5, 5.41) is 10.2. The number of carbonyl (C=O) groups excluding carboxylic acids is 1. The van der Waals surface area contributed by atoms with Gasteiger partial charge in [-0.3, -0.25) is 4.79 Å². The molecule has 2 aromatic heterocycles. The summed E-state index contributed by atoms with van der Waals surface area (Å²) in [6, 6.07) is 12.0. The molecule has 3 aromatic rings. The number of hydrogen-bond donors (Lipinski definition) is 0. The fourth-order valence-corrected chi connectivity index (χ4v) is 3.22. The molecule has 26 heavy (non-hydrogen) atoms. The molecule has 1 amide bonds. The van der Waals surface area contributed by atoms with Crippen LogP contribution in [0.1, 0.15) is 12.1 Å². The third kappa shape index (κ3) is 3.09. The van der Waals surface area contributed by atoms with Crippen molar-refractivity contribution < 1.29 is 9.53 Å². The van der Waals surface area contributed by atoms with Crippen LogP contribution in [0.2, 0.25) is 0 Å². The summed E-state index contributed by atoms with van der Waals surface area (Å²) in [7, 11) is 0. The zero-order chi connectivity index (χ0) is 17.9. The van der Waals surface area contributed by atoms with E-state index in [-0.39, 0.29) is 23.6 Å². The zero-order valence-corrected chi connectivity index (χ0v) is 14.1. The normalized spacial score (nSPS) is 16.6. The van der Waals surface area contributed by atoms with Gasteiger partial charge in [0.05, 0.1) is 6.54 Å². The first-order chi connectivity index (χ1) is 12.7. The highest BCUT2D eigenvalue weighted by molar-refractivity contribution is 5.83. The van der Waals surface area contributed by atoms with Crippen LogP contribution in [0.25, 0.3) is 10.9 Å². The number of aromatic nitrogens is 3. The summed E-state index contributed by atoms with van der Waals surface area (Å²) in [6.45, 7) is 1.42.